The maximum absolute atomic E-state index is 12.4. The lowest BCUT2D eigenvalue weighted by atomic mass is 9.87. The third-order valence-electron chi connectivity index (χ3n) is 6.54. The highest BCUT2D eigenvalue weighted by Gasteiger charge is 2.30. The fourth-order valence-electron chi connectivity index (χ4n) is 3.80. The summed E-state index contributed by atoms with van der Waals surface area (Å²) in [5.41, 5.74) is 0.159. The van der Waals surface area contributed by atoms with E-state index >= 15 is 0 Å². The minimum Gasteiger partial charge on any atom is -0.491 e. The summed E-state index contributed by atoms with van der Waals surface area (Å²) in [4.78, 5) is 52.9. The third-order valence-corrected chi connectivity index (χ3v) is 8.89. The zero-order valence-corrected chi connectivity index (χ0v) is 29.6. The fraction of sp³-hybridized carbons (Fsp3) is 0.448. The first-order chi connectivity index (χ1) is 21.8. The monoisotopic (exact) mass is 836 g/mol. The minimum absolute atomic E-state index is 0.0356. The zero-order valence-electron chi connectivity index (χ0n) is 24.9. The van der Waals surface area contributed by atoms with Crippen molar-refractivity contribution in [1.82, 2.24) is 10.6 Å². The number of hydrogen-bond donors (Lipinski definition) is 6. The molecule has 6 N–H and O–H groups in total. The molecule has 0 heterocycles. The van der Waals surface area contributed by atoms with Crippen molar-refractivity contribution < 1.29 is 49.3 Å². The number of halogens is 3. The van der Waals surface area contributed by atoms with Crippen molar-refractivity contribution in [3.63, 3.8) is 0 Å². The lowest BCUT2D eigenvalue weighted by Gasteiger charge is -2.24. The number of aliphatic hydroxyl groups is 3. The lowest BCUT2D eigenvalue weighted by molar-refractivity contribution is -0.118. The summed E-state index contributed by atoms with van der Waals surface area (Å²) in [6.45, 7) is 2.69. The molecule has 14 nitrogen and oxygen atoms in total. The summed E-state index contributed by atoms with van der Waals surface area (Å²) in [5.74, 6) is -2.10. The maximum Gasteiger partial charge on any atom is 0.269 e. The fourth-order valence-corrected chi connectivity index (χ4v) is 5.21. The van der Waals surface area contributed by atoms with Crippen molar-refractivity contribution in [1.29, 1.82) is 0 Å². The number of benzene rings is 1. The number of carbonyl (C=O) groups excluding carboxylic acids is 4. The molecule has 0 bridgehead atoms. The van der Waals surface area contributed by atoms with Crippen LogP contribution < -0.4 is 15.4 Å². The van der Waals surface area contributed by atoms with Gasteiger partial charge in [-0.2, -0.15) is 0 Å². The van der Waals surface area contributed by atoms with Crippen LogP contribution >= 0.6 is 47.8 Å². The lowest BCUT2D eigenvalue weighted by Crippen LogP contribution is -2.40. The normalized spacial score (nSPS) is 19.4. The molecule has 252 valence electrons. The van der Waals surface area contributed by atoms with E-state index < -0.39 is 36.0 Å². The molecule has 5 atom stereocenters. The molecule has 2 amide bonds. The van der Waals surface area contributed by atoms with Gasteiger partial charge in [0.2, 0.25) is 0 Å². The molecule has 0 saturated heterocycles. The number of hydrogen-bond acceptors (Lipinski definition) is 12. The van der Waals surface area contributed by atoms with Crippen molar-refractivity contribution in [2.24, 2.45) is 16.2 Å². The van der Waals surface area contributed by atoms with Gasteiger partial charge in [-0.05, 0) is 62.9 Å². The predicted octanol–water partition coefficient (Wildman–Crippen LogP) is 2.51. The Balaban J connectivity index is 1.77. The van der Waals surface area contributed by atoms with Crippen LogP contribution in [0.3, 0.4) is 0 Å². The summed E-state index contributed by atoms with van der Waals surface area (Å²) in [6.07, 6.45) is -0.347. The molecule has 5 unspecified atom stereocenters. The van der Waals surface area contributed by atoms with Crippen LogP contribution in [-0.4, -0.2) is 92.1 Å². The molecule has 0 saturated carbocycles. The predicted molar refractivity (Wildman–Crippen MR) is 178 cm³/mol. The van der Waals surface area contributed by atoms with E-state index in [4.69, 9.17) is 9.57 Å². The van der Waals surface area contributed by atoms with Gasteiger partial charge in [0.25, 0.3) is 11.8 Å². The molecule has 1 aliphatic carbocycles. The van der Waals surface area contributed by atoms with Crippen LogP contribution in [0.25, 0.3) is 0 Å². The SMILES string of the molecule is CCC(Br)C(=O)/C(Br)=C\O/N=C(\C)C(=O)NCC(O)c1ccc(OCC(O)CNC(=O)/C(CC2C=C(Br)C(=O)CC2O)=N/O)cc1. The second-order valence-corrected chi connectivity index (χ2v) is 12.9. The molecule has 0 fully saturated rings. The van der Waals surface area contributed by atoms with E-state index in [1.807, 2.05) is 6.92 Å². The summed E-state index contributed by atoms with van der Waals surface area (Å²) in [7, 11) is 0. The second kappa shape index (κ2) is 19.6. The van der Waals surface area contributed by atoms with E-state index in [1.54, 1.807) is 24.3 Å². The molecule has 46 heavy (non-hydrogen) atoms. The molecule has 0 aromatic heterocycles. The first-order valence-electron chi connectivity index (χ1n) is 14.0. The minimum atomic E-state index is -1.13. The topological polar surface area (TPSA) is 216 Å². The van der Waals surface area contributed by atoms with Gasteiger partial charge in [-0.1, -0.05) is 51.4 Å². The van der Waals surface area contributed by atoms with E-state index in [0.29, 0.717) is 17.7 Å². The third kappa shape index (κ3) is 12.7. The number of Topliss-reactive ketones (excluding diaryl/α,β-unsaturated/α-hetero) is 2. The zero-order chi connectivity index (χ0) is 34.4. The number of nitrogens with zero attached hydrogens (tertiary/aromatic N) is 2. The van der Waals surface area contributed by atoms with Crippen LogP contribution in [0.15, 0.2) is 55.9 Å². The highest BCUT2D eigenvalue weighted by molar-refractivity contribution is 9.12. The van der Waals surface area contributed by atoms with Crippen LogP contribution in [0.4, 0.5) is 0 Å². The molecule has 0 aliphatic heterocycles. The molecule has 17 heteroatoms. The number of allylic oxidation sites excluding steroid dienone is 2. The van der Waals surface area contributed by atoms with Crippen LogP contribution in [0.2, 0.25) is 0 Å². The summed E-state index contributed by atoms with van der Waals surface area (Å²) < 4.78 is 5.95. The highest BCUT2D eigenvalue weighted by atomic mass is 79.9. The van der Waals surface area contributed by atoms with Crippen LogP contribution in [0.1, 0.15) is 44.8 Å². The molecule has 0 radical (unpaired) electrons. The molecule has 1 aromatic carbocycles. The van der Waals surface area contributed by atoms with Crippen molar-refractivity contribution in [3.05, 3.63) is 51.1 Å². The Morgan fingerprint density at radius 1 is 1.13 bits per heavy atom. The average molecular weight is 839 g/mol. The standard InChI is InChI=1S/C29H35Br3N4O10/c1-3-20(30)27(41)22(32)14-46-36-15(2)28(42)34-12-26(40)16-4-6-19(7-5-16)45-13-18(37)11-33-29(43)23(35-44)9-17-8-21(31)25(39)10-24(17)38/h4-8,14,17-18,20,24,26,37-38,40,44H,3,9-13H2,1-2H3,(H,33,43)(H,34,42)/b22-14+,35-23+,36-15+. The molecular formula is C29H35Br3N4O10. The Morgan fingerprint density at radius 3 is 2.41 bits per heavy atom. The Hall–Kier alpha value is -2.96. The second-order valence-electron chi connectivity index (χ2n) is 10.1. The number of rotatable bonds is 17. The Kier molecular flexibility index (Phi) is 16.7. The van der Waals surface area contributed by atoms with Gasteiger partial charge in [0, 0.05) is 31.8 Å². The average Bonchev–Trinajstić information content (AvgIpc) is 3.05. The molecular weight excluding hydrogens is 804 g/mol. The number of alkyl halides is 1. The highest BCUT2D eigenvalue weighted by Crippen LogP contribution is 2.27. The van der Waals surface area contributed by atoms with Crippen molar-refractivity contribution in [3.8, 4) is 5.75 Å². The molecule has 2 rings (SSSR count). The van der Waals surface area contributed by atoms with Crippen LogP contribution in [0.5, 0.6) is 5.75 Å². The molecule has 1 aliphatic rings. The van der Waals surface area contributed by atoms with Gasteiger partial charge in [0.1, 0.15) is 36.1 Å². The van der Waals surface area contributed by atoms with Crippen molar-refractivity contribution in [2.75, 3.05) is 19.7 Å². The molecule has 0 spiro atoms. The van der Waals surface area contributed by atoms with E-state index in [1.165, 1.54) is 13.0 Å². The van der Waals surface area contributed by atoms with E-state index in [0.717, 1.165) is 6.26 Å². The number of ether oxygens (including phenoxy) is 1. The smallest absolute Gasteiger partial charge is 0.269 e. The van der Waals surface area contributed by atoms with Crippen molar-refractivity contribution in [2.45, 2.75) is 56.2 Å². The van der Waals surface area contributed by atoms with E-state index in [-0.39, 0.29) is 69.3 Å². The van der Waals surface area contributed by atoms with Gasteiger partial charge in [-0.15, -0.1) is 0 Å². The quantitative estimate of drug-likeness (QED) is 0.0337. The summed E-state index contributed by atoms with van der Waals surface area (Å²) in [6, 6.07) is 6.24. The first kappa shape index (κ1) is 39.2. The Labute approximate surface area is 290 Å². The largest absolute Gasteiger partial charge is 0.491 e. The number of aliphatic hydroxyl groups excluding tert-OH is 3. The first-order valence-corrected chi connectivity index (χ1v) is 16.5. The van der Waals surface area contributed by atoms with Gasteiger partial charge in [-0.3, -0.25) is 19.2 Å². The van der Waals surface area contributed by atoms with E-state index in [2.05, 4.69) is 68.7 Å². The molecule has 1 aromatic rings. The number of oxime groups is 2. The van der Waals surface area contributed by atoms with Gasteiger partial charge in [-0.25, -0.2) is 0 Å². The van der Waals surface area contributed by atoms with E-state index in [9.17, 15) is 39.7 Å². The maximum atomic E-state index is 12.4. The van der Waals surface area contributed by atoms with Crippen LogP contribution in [0, 0.1) is 5.92 Å². The van der Waals surface area contributed by atoms with Gasteiger partial charge < -0.3 is 40.7 Å². The summed E-state index contributed by atoms with van der Waals surface area (Å²) >= 11 is 9.44. The Morgan fingerprint density at radius 2 is 1.78 bits per heavy atom. The van der Waals surface area contributed by atoms with Gasteiger partial charge in [0.05, 0.1) is 26.0 Å². The Bertz CT molecular complexity index is 1370. The number of carbonyl (C=O) groups is 4. The van der Waals surface area contributed by atoms with Crippen LogP contribution in [-0.2, 0) is 24.0 Å². The number of nitrogens with one attached hydrogen (secondary N) is 2. The van der Waals surface area contributed by atoms with Gasteiger partial charge in [0.15, 0.2) is 11.6 Å². The summed E-state index contributed by atoms with van der Waals surface area (Å²) in [5, 5.41) is 51.7. The number of ketones is 2. The van der Waals surface area contributed by atoms with Gasteiger partial charge >= 0.3 is 0 Å². The van der Waals surface area contributed by atoms with Crippen molar-refractivity contribution >= 4 is 82.6 Å². The number of amides is 2.